The highest BCUT2D eigenvalue weighted by molar-refractivity contribution is 6.74. The molecule has 2 aromatic heterocycles. The minimum Gasteiger partial charge on any atom is -0.466 e. The molecule has 0 saturated carbocycles. The van der Waals surface area contributed by atoms with Crippen LogP contribution in [0.3, 0.4) is 0 Å². The highest BCUT2D eigenvalue weighted by Gasteiger charge is 2.42. The lowest BCUT2D eigenvalue weighted by molar-refractivity contribution is -0.143. The van der Waals surface area contributed by atoms with Crippen molar-refractivity contribution in [1.29, 1.82) is 0 Å². The maximum absolute atomic E-state index is 12.0. The van der Waals surface area contributed by atoms with Crippen LogP contribution in [0, 0.1) is 38.5 Å². The third-order valence-corrected chi connectivity index (χ3v) is 23.1. The van der Waals surface area contributed by atoms with Crippen LogP contribution in [0.4, 0.5) is 0 Å². The van der Waals surface area contributed by atoms with Gasteiger partial charge in [0.2, 0.25) is 0 Å². The van der Waals surface area contributed by atoms with Crippen molar-refractivity contribution >= 4 is 20.3 Å². The van der Waals surface area contributed by atoms with E-state index in [4.69, 9.17) is 13.9 Å². The summed E-state index contributed by atoms with van der Waals surface area (Å²) in [7, 11) is -1.88. The first-order chi connectivity index (χ1) is 39.8. The molecular weight excluding hydrogens is 1070 g/mol. The van der Waals surface area contributed by atoms with Crippen LogP contribution in [0.5, 0.6) is 0 Å². The second-order valence-electron chi connectivity index (χ2n) is 27.5. The predicted octanol–water partition coefficient (Wildman–Crippen LogP) is 17.7. The standard InChI is InChI=1S/C40H60N2O3Si.C34H46N2O3/c1-14-40(15-2,33-20-21-34(29(5)24-33)35-25-30(27-41-42-35)26-37(43)44-16-3)32-19-17-31(28(4)23-32)18-22-36(38(6,7)8)45-46(12,13)39(9,10)11;1-9-34(10-2,27-14-12-26(23(4)18-27)13-17-31(37)33(6,7)8)28-15-16-29(24(5)19-28)30-20-25(22-35-36-30)21-32(38)39-11-3/h17,19-21,23-25,27,36H,14-16,18,22,26H2,1-13H3;12,14-16,18-20,22,31,37H,9-11,13,17,21H2,1-8H3. The number of aliphatic hydroxyl groups is 1. The van der Waals surface area contributed by atoms with Gasteiger partial charge in [0.15, 0.2) is 8.32 Å². The summed E-state index contributed by atoms with van der Waals surface area (Å²) >= 11 is 0. The second kappa shape index (κ2) is 29.7. The number of rotatable bonds is 24. The molecule has 6 rings (SSSR count). The first-order valence-electron chi connectivity index (χ1n) is 31.6. The molecule has 11 heteroatoms. The van der Waals surface area contributed by atoms with Crippen molar-refractivity contribution in [1.82, 2.24) is 20.4 Å². The molecule has 0 radical (unpaired) electrons. The summed E-state index contributed by atoms with van der Waals surface area (Å²) in [6.45, 7) is 47.1. The molecule has 0 aliphatic heterocycles. The summed E-state index contributed by atoms with van der Waals surface area (Å²) in [4.78, 5) is 24.0. The van der Waals surface area contributed by atoms with E-state index in [1.807, 2.05) is 19.1 Å². The van der Waals surface area contributed by atoms with Crippen LogP contribution in [-0.2, 0) is 60.0 Å². The fraction of sp³-hybridized carbons (Fsp3) is 0.541. The van der Waals surface area contributed by atoms with Crippen LogP contribution in [-0.4, -0.2) is 71.2 Å². The number of nitrogens with zero attached hydrogens (tertiary/aromatic N) is 4. The van der Waals surface area contributed by atoms with E-state index in [9.17, 15) is 14.7 Å². The maximum Gasteiger partial charge on any atom is 0.310 e. The average Bonchev–Trinajstić information content (AvgIpc) is 2.06. The Morgan fingerprint density at radius 2 is 0.871 bits per heavy atom. The van der Waals surface area contributed by atoms with Gasteiger partial charge in [-0.05, 0) is 201 Å². The molecule has 0 saturated heterocycles. The summed E-state index contributed by atoms with van der Waals surface area (Å²) in [5.41, 5.74) is 17.9. The zero-order valence-corrected chi connectivity index (χ0v) is 57.2. The molecule has 2 heterocycles. The highest BCUT2D eigenvalue weighted by Crippen LogP contribution is 2.44. The van der Waals surface area contributed by atoms with Crippen molar-refractivity contribution in [2.24, 2.45) is 10.8 Å². The third-order valence-electron chi connectivity index (χ3n) is 18.6. The molecule has 0 spiro atoms. The van der Waals surface area contributed by atoms with Gasteiger partial charge < -0.3 is 19.0 Å². The summed E-state index contributed by atoms with van der Waals surface area (Å²) in [5, 5.41) is 27.8. The number of ether oxygens (including phenoxy) is 2. The Morgan fingerprint density at radius 3 is 1.19 bits per heavy atom. The SMILES string of the molecule is CCOC(=O)Cc1cnnc(-c2ccc(C(CC)(CC)c3ccc(CCC(O)C(C)(C)C)c(C)c3)cc2C)c1.CCOC(=O)Cc1cnnc(-c2ccc(C(CC)(CC)c3ccc(CCC(O[Si](C)(C)C(C)(C)C)C(C)(C)C)c(C)c3)cc2C)c1. The zero-order valence-electron chi connectivity index (χ0n) is 56.2. The molecule has 0 aliphatic rings. The van der Waals surface area contributed by atoms with E-state index in [2.05, 4.69) is 224 Å². The zero-order chi connectivity index (χ0) is 63.3. The number of benzene rings is 4. The Labute approximate surface area is 514 Å². The first kappa shape index (κ1) is 69.9. The first-order valence-corrected chi connectivity index (χ1v) is 34.5. The predicted molar refractivity (Wildman–Crippen MR) is 354 cm³/mol. The van der Waals surface area contributed by atoms with Gasteiger partial charge >= 0.3 is 11.9 Å². The van der Waals surface area contributed by atoms with Crippen molar-refractivity contribution in [3.63, 3.8) is 0 Å². The molecular formula is C74H106N4O6Si. The van der Waals surface area contributed by atoms with Gasteiger partial charge in [-0.2, -0.15) is 20.4 Å². The molecule has 10 nitrogen and oxygen atoms in total. The number of aryl methyl sites for hydroxylation is 6. The smallest absolute Gasteiger partial charge is 0.310 e. The van der Waals surface area contributed by atoms with E-state index in [1.54, 1.807) is 19.3 Å². The molecule has 2 unspecified atom stereocenters. The number of aliphatic hydroxyl groups excluding tert-OH is 1. The molecule has 0 amide bonds. The lowest BCUT2D eigenvalue weighted by Crippen LogP contribution is -2.47. The quantitative estimate of drug-likeness (QED) is 0.0461. The molecule has 2 atom stereocenters. The topological polar surface area (TPSA) is 134 Å². The Morgan fingerprint density at radius 1 is 0.506 bits per heavy atom. The largest absolute Gasteiger partial charge is 0.466 e. The van der Waals surface area contributed by atoms with Gasteiger partial charge in [0.05, 0.1) is 62.0 Å². The summed E-state index contributed by atoms with van der Waals surface area (Å²) in [6.07, 6.45) is 11.2. The van der Waals surface area contributed by atoms with E-state index in [0.717, 1.165) is 96.1 Å². The third kappa shape index (κ3) is 17.7. The molecule has 6 aromatic rings. The van der Waals surface area contributed by atoms with E-state index in [-0.39, 0.29) is 63.7 Å². The Balaban J connectivity index is 0.000000315. The fourth-order valence-corrected chi connectivity index (χ4v) is 13.3. The maximum atomic E-state index is 12.0. The molecule has 1 N–H and O–H groups in total. The van der Waals surface area contributed by atoms with Gasteiger partial charge in [0, 0.05) is 22.0 Å². The molecule has 462 valence electrons. The van der Waals surface area contributed by atoms with Gasteiger partial charge in [0.1, 0.15) is 0 Å². The van der Waals surface area contributed by atoms with E-state index in [1.165, 1.54) is 44.5 Å². The lowest BCUT2D eigenvalue weighted by atomic mass is 9.69. The summed E-state index contributed by atoms with van der Waals surface area (Å²) in [5.74, 6) is -0.509. The van der Waals surface area contributed by atoms with Gasteiger partial charge in [0.25, 0.3) is 0 Å². The van der Waals surface area contributed by atoms with E-state index >= 15 is 0 Å². The minimum absolute atomic E-state index is 0.0841. The number of carbonyl (C=O) groups is 2. The van der Waals surface area contributed by atoms with Crippen LogP contribution in [0.1, 0.15) is 209 Å². The van der Waals surface area contributed by atoms with Crippen molar-refractivity contribution < 1.29 is 28.6 Å². The van der Waals surface area contributed by atoms with Crippen molar-refractivity contribution in [3.05, 3.63) is 164 Å². The number of carbonyl (C=O) groups excluding carboxylic acids is 2. The van der Waals surface area contributed by atoms with Gasteiger partial charge in [-0.1, -0.05) is 163 Å². The van der Waals surface area contributed by atoms with Gasteiger partial charge in [-0.25, -0.2) is 0 Å². The van der Waals surface area contributed by atoms with E-state index in [0.29, 0.717) is 13.2 Å². The summed E-state index contributed by atoms with van der Waals surface area (Å²) < 4.78 is 17.2. The normalized spacial score (nSPS) is 13.2. The van der Waals surface area contributed by atoms with Crippen LogP contribution >= 0.6 is 0 Å². The highest BCUT2D eigenvalue weighted by atomic mass is 28.4. The lowest BCUT2D eigenvalue weighted by Gasteiger charge is -2.43. The monoisotopic (exact) mass is 1170 g/mol. The van der Waals surface area contributed by atoms with Crippen molar-refractivity contribution in [2.45, 2.75) is 237 Å². The van der Waals surface area contributed by atoms with Gasteiger partial charge in [-0.3, -0.25) is 9.59 Å². The summed E-state index contributed by atoms with van der Waals surface area (Å²) in [6, 6.07) is 31.3. The average molecular weight is 1180 g/mol. The molecule has 4 aromatic carbocycles. The van der Waals surface area contributed by atoms with Crippen molar-refractivity contribution in [3.8, 4) is 22.5 Å². The van der Waals surface area contributed by atoms with Crippen LogP contribution < -0.4 is 0 Å². The van der Waals surface area contributed by atoms with Crippen LogP contribution in [0.25, 0.3) is 22.5 Å². The fourth-order valence-electron chi connectivity index (χ4n) is 11.8. The Kier molecular flexibility index (Phi) is 24.4. The van der Waals surface area contributed by atoms with Crippen LogP contribution in [0.2, 0.25) is 18.1 Å². The number of esters is 2. The Bertz CT molecular complexity index is 3170. The van der Waals surface area contributed by atoms with Gasteiger partial charge in [-0.15, -0.1) is 0 Å². The molecule has 0 aliphatic carbocycles. The second-order valence-corrected chi connectivity index (χ2v) is 32.2. The Hall–Kier alpha value is -5.88. The minimum atomic E-state index is -1.88. The molecule has 0 fully saturated rings. The number of hydrogen-bond donors (Lipinski definition) is 1. The van der Waals surface area contributed by atoms with Crippen molar-refractivity contribution in [2.75, 3.05) is 13.2 Å². The molecule has 0 bridgehead atoms. The van der Waals surface area contributed by atoms with E-state index < -0.39 is 8.32 Å². The number of hydrogen-bond acceptors (Lipinski definition) is 10. The number of aromatic nitrogens is 4. The molecule has 85 heavy (non-hydrogen) atoms. The van der Waals surface area contributed by atoms with Crippen LogP contribution in [0.15, 0.2) is 97.3 Å².